The van der Waals surface area contributed by atoms with Crippen LogP contribution in [0.1, 0.15) is 4.88 Å². The summed E-state index contributed by atoms with van der Waals surface area (Å²) < 4.78 is 6.04. The molecule has 0 aliphatic rings. The second kappa shape index (κ2) is 4.33. The Hall–Kier alpha value is -0.870. The Labute approximate surface area is 101 Å². The third-order valence-electron chi connectivity index (χ3n) is 2.08. The van der Waals surface area contributed by atoms with Crippen molar-refractivity contribution >= 4 is 27.3 Å². The van der Waals surface area contributed by atoms with Crippen LogP contribution in [0.15, 0.2) is 28.9 Å². The Morgan fingerprint density at radius 1 is 1.27 bits per heavy atom. The molecule has 0 atom stereocenters. The van der Waals surface area contributed by atoms with Crippen molar-refractivity contribution in [1.29, 1.82) is 0 Å². The Balaban J connectivity index is 2.37. The number of thiazole rings is 1. The first kappa shape index (κ1) is 10.6. The first-order valence-electron chi connectivity index (χ1n) is 4.48. The van der Waals surface area contributed by atoms with Crippen LogP contribution in [0.3, 0.4) is 0 Å². The molecule has 0 unspecified atom stereocenters. The Morgan fingerprint density at radius 2 is 1.93 bits per heavy atom. The number of methoxy groups -OCH3 is 1. The van der Waals surface area contributed by atoms with Gasteiger partial charge in [-0.3, -0.25) is 0 Å². The summed E-state index contributed by atoms with van der Waals surface area (Å²) in [4.78, 5) is 5.63. The van der Waals surface area contributed by atoms with Crippen molar-refractivity contribution in [2.45, 2.75) is 6.92 Å². The zero-order valence-corrected chi connectivity index (χ0v) is 10.9. The van der Waals surface area contributed by atoms with Gasteiger partial charge < -0.3 is 4.74 Å². The third-order valence-corrected chi connectivity index (χ3v) is 4.13. The van der Waals surface area contributed by atoms with Crippen LogP contribution in [0.25, 0.3) is 10.6 Å². The van der Waals surface area contributed by atoms with Gasteiger partial charge in [0.2, 0.25) is 0 Å². The van der Waals surface area contributed by atoms with Crippen LogP contribution in [0, 0.1) is 6.92 Å². The van der Waals surface area contributed by atoms with Crippen LogP contribution in [-0.2, 0) is 0 Å². The molecule has 2 rings (SSSR count). The lowest BCUT2D eigenvalue weighted by Gasteiger charge is -1.99. The van der Waals surface area contributed by atoms with E-state index in [4.69, 9.17) is 4.74 Å². The van der Waals surface area contributed by atoms with Gasteiger partial charge in [-0.05, 0) is 47.1 Å². The minimum atomic E-state index is 0.867. The van der Waals surface area contributed by atoms with Crippen molar-refractivity contribution in [3.05, 3.63) is 33.7 Å². The molecule has 0 saturated heterocycles. The molecule has 2 nitrogen and oxygen atoms in total. The minimum absolute atomic E-state index is 0.867. The normalized spacial score (nSPS) is 10.3. The summed E-state index contributed by atoms with van der Waals surface area (Å²) in [5, 5.41) is 1.03. The van der Waals surface area contributed by atoms with Gasteiger partial charge in [-0.15, -0.1) is 11.3 Å². The molecule has 0 spiro atoms. The van der Waals surface area contributed by atoms with E-state index >= 15 is 0 Å². The molecule has 0 amide bonds. The molecule has 15 heavy (non-hydrogen) atoms. The lowest BCUT2D eigenvalue weighted by molar-refractivity contribution is 0.415. The molecule has 0 N–H and O–H groups in total. The van der Waals surface area contributed by atoms with Gasteiger partial charge in [0.05, 0.1) is 7.11 Å². The van der Waals surface area contributed by atoms with E-state index in [1.807, 2.05) is 24.3 Å². The van der Waals surface area contributed by atoms with E-state index in [1.54, 1.807) is 18.4 Å². The molecule has 1 heterocycles. The van der Waals surface area contributed by atoms with E-state index < -0.39 is 0 Å². The van der Waals surface area contributed by atoms with Crippen LogP contribution in [0.4, 0.5) is 0 Å². The Bertz CT molecular complexity index is 444. The number of hydrogen-bond acceptors (Lipinski definition) is 3. The summed E-state index contributed by atoms with van der Waals surface area (Å²) in [5.41, 5.74) is 1.12. The molecule has 0 fully saturated rings. The van der Waals surface area contributed by atoms with Crippen LogP contribution in [0.2, 0.25) is 0 Å². The van der Waals surface area contributed by atoms with Gasteiger partial charge in [0.25, 0.3) is 0 Å². The highest BCUT2D eigenvalue weighted by Gasteiger charge is 2.06. The quantitative estimate of drug-likeness (QED) is 0.834. The largest absolute Gasteiger partial charge is 0.497 e. The molecule has 1 aromatic carbocycles. The molecule has 0 radical (unpaired) electrons. The minimum Gasteiger partial charge on any atom is -0.497 e. The third kappa shape index (κ3) is 2.21. The molecule has 2 aromatic rings. The first-order valence-corrected chi connectivity index (χ1v) is 6.09. The molecule has 0 aliphatic heterocycles. The van der Waals surface area contributed by atoms with Crippen molar-refractivity contribution in [2.24, 2.45) is 0 Å². The zero-order chi connectivity index (χ0) is 10.8. The number of hydrogen-bond donors (Lipinski definition) is 0. The smallest absolute Gasteiger partial charge is 0.124 e. The van der Waals surface area contributed by atoms with Gasteiger partial charge in [-0.25, -0.2) is 4.98 Å². The van der Waals surface area contributed by atoms with Crippen molar-refractivity contribution in [2.75, 3.05) is 7.11 Å². The van der Waals surface area contributed by atoms with Gasteiger partial charge in [0.15, 0.2) is 0 Å². The molecule has 0 saturated carbocycles. The molecular formula is C11H10BrNOS. The zero-order valence-electron chi connectivity index (χ0n) is 8.45. The SMILES string of the molecule is COc1ccc(-c2nc(Br)c(C)s2)cc1. The lowest BCUT2D eigenvalue weighted by Crippen LogP contribution is -1.82. The van der Waals surface area contributed by atoms with Crippen LogP contribution in [-0.4, -0.2) is 12.1 Å². The summed E-state index contributed by atoms with van der Waals surface area (Å²) in [5.74, 6) is 0.867. The van der Waals surface area contributed by atoms with Gasteiger partial charge in [0, 0.05) is 10.4 Å². The van der Waals surface area contributed by atoms with Crippen molar-refractivity contribution in [3.8, 4) is 16.3 Å². The second-order valence-corrected chi connectivity index (χ2v) is 5.05. The van der Waals surface area contributed by atoms with Crippen molar-refractivity contribution in [3.63, 3.8) is 0 Å². The maximum Gasteiger partial charge on any atom is 0.124 e. The summed E-state index contributed by atoms with van der Waals surface area (Å²) >= 11 is 5.10. The summed E-state index contributed by atoms with van der Waals surface area (Å²) in [7, 11) is 1.67. The standard InChI is InChI=1S/C11H10BrNOS/c1-7-10(12)13-11(15-7)8-3-5-9(14-2)6-4-8/h3-6H,1-2H3. The fraction of sp³-hybridized carbons (Fsp3) is 0.182. The number of rotatable bonds is 2. The number of ether oxygens (including phenoxy) is 1. The van der Waals surface area contributed by atoms with Gasteiger partial charge in [-0.2, -0.15) is 0 Å². The highest BCUT2D eigenvalue weighted by atomic mass is 79.9. The van der Waals surface area contributed by atoms with Crippen LogP contribution < -0.4 is 4.74 Å². The van der Waals surface area contributed by atoms with Crippen LogP contribution in [0.5, 0.6) is 5.75 Å². The van der Waals surface area contributed by atoms with Gasteiger partial charge in [-0.1, -0.05) is 0 Å². The predicted molar refractivity (Wildman–Crippen MR) is 66.5 cm³/mol. The average Bonchev–Trinajstić information content (AvgIpc) is 2.59. The van der Waals surface area contributed by atoms with E-state index in [1.165, 1.54) is 4.88 Å². The second-order valence-electron chi connectivity index (χ2n) is 3.09. The highest BCUT2D eigenvalue weighted by molar-refractivity contribution is 9.10. The van der Waals surface area contributed by atoms with Crippen molar-refractivity contribution < 1.29 is 4.74 Å². The summed E-state index contributed by atoms with van der Waals surface area (Å²) in [6, 6.07) is 7.92. The molecule has 1 aromatic heterocycles. The Kier molecular flexibility index (Phi) is 3.07. The van der Waals surface area contributed by atoms with Gasteiger partial charge in [0.1, 0.15) is 15.4 Å². The van der Waals surface area contributed by atoms with Crippen molar-refractivity contribution in [1.82, 2.24) is 4.98 Å². The lowest BCUT2D eigenvalue weighted by atomic mass is 10.2. The van der Waals surface area contributed by atoms with E-state index in [-0.39, 0.29) is 0 Å². The highest BCUT2D eigenvalue weighted by Crippen LogP contribution is 2.31. The molecular weight excluding hydrogens is 274 g/mol. The number of aryl methyl sites for hydroxylation is 1. The fourth-order valence-electron chi connectivity index (χ4n) is 1.23. The number of nitrogens with zero attached hydrogens (tertiary/aromatic N) is 1. The topological polar surface area (TPSA) is 22.1 Å². The maximum absolute atomic E-state index is 5.11. The monoisotopic (exact) mass is 283 g/mol. The predicted octanol–water partition coefficient (Wildman–Crippen LogP) is 3.89. The molecule has 0 aliphatic carbocycles. The Morgan fingerprint density at radius 3 is 2.40 bits per heavy atom. The van der Waals surface area contributed by atoms with E-state index in [0.29, 0.717) is 0 Å². The van der Waals surface area contributed by atoms with E-state index in [2.05, 4.69) is 27.8 Å². The van der Waals surface area contributed by atoms with E-state index in [0.717, 1.165) is 20.9 Å². The average molecular weight is 284 g/mol. The van der Waals surface area contributed by atoms with Crippen LogP contribution >= 0.6 is 27.3 Å². The number of aromatic nitrogens is 1. The summed E-state index contributed by atoms with van der Waals surface area (Å²) in [6.07, 6.45) is 0. The molecule has 4 heteroatoms. The molecule has 0 bridgehead atoms. The number of benzene rings is 1. The van der Waals surface area contributed by atoms with Gasteiger partial charge >= 0.3 is 0 Å². The number of halogens is 1. The fourth-order valence-corrected chi connectivity index (χ4v) is 2.58. The maximum atomic E-state index is 5.11. The first-order chi connectivity index (χ1) is 7.20. The molecule has 78 valence electrons. The summed E-state index contributed by atoms with van der Waals surface area (Å²) in [6.45, 7) is 2.05. The van der Waals surface area contributed by atoms with E-state index in [9.17, 15) is 0 Å².